The summed E-state index contributed by atoms with van der Waals surface area (Å²) in [5, 5.41) is 8.99. The number of rotatable bonds is 6. The van der Waals surface area contributed by atoms with E-state index in [1.807, 2.05) is 19.3 Å². The summed E-state index contributed by atoms with van der Waals surface area (Å²) < 4.78 is 0. The molecule has 2 aliphatic rings. The Morgan fingerprint density at radius 2 is 1.92 bits per heavy atom. The maximum Gasteiger partial charge on any atom is 0.305 e. The second kappa shape index (κ2) is 8.06. The van der Waals surface area contributed by atoms with Crippen molar-refractivity contribution >= 4 is 18.1 Å². The monoisotopic (exact) mass is 359 g/mol. The first-order valence-corrected chi connectivity index (χ1v) is 9.62. The Labute approximate surface area is 155 Å². The van der Waals surface area contributed by atoms with Crippen LogP contribution in [0.25, 0.3) is 0 Å². The van der Waals surface area contributed by atoms with Crippen LogP contribution >= 0.6 is 0 Å². The van der Waals surface area contributed by atoms with E-state index in [2.05, 4.69) is 22.0 Å². The highest BCUT2D eigenvalue weighted by atomic mass is 16.4. The number of pyridine rings is 1. The van der Waals surface area contributed by atoms with E-state index in [9.17, 15) is 9.59 Å². The number of carboxylic acid groups (broad SMARTS) is 1. The average molecular weight is 359 g/mol. The highest BCUT2D eigenvalue weighted by molar-refractivity contribution is 5.68. The average Bonchev–Trinajstić information content (AvgIpc) is 2.65. The number of aromatic nitrogens is 1. The van der Waals surface area contributed by atoms with Gasteiger partial charge < -0.3 is 14.9 Å². The van der Waals surface area contributed by atoms with Crippen LogP contribution in [0.5, 0.6) is 0 Å². The van der Waals surface area contributed by atoms with Crippen molar-refractivity contribution in [2.24, 2.45) is 5.41 Å². The van der Waals surface area contributed by atoms with Gasteiger partial charge in [0, 0.05) is 43.3 Å². The van der Waals surface area contributed by atoms with E-state index >= 15 is 0 Å². The molecule has 3 rings (SSSR count). The third kappa shape index (κ3) is 4.17. The molecule has 2 heterocycles. The van der Waals surface area contributed by atoms with Gasteiger partial charge in [-0.15, -0.1) is 0 Å². The van der Waals surface area contributed by atoms with Gasteiger partial charge in [-0.3, -0.25) is 14.6 Å². The van der Waals surface area contributed by atoms with E-state index < -0.39 is 5.97 Å². The Morgan fingerprint density at radius 1 is 1.31 bits per heavy atom. The zero-order valence-corrected chi connectivity index (χ0v) is 15.5. The minimum atomic E-state index is -0.847. The summed E-state index contributed by atoms with van der Waals surface area (Å²) in [6.07, 6.45) is 11.2. The van der Waals surface area contributed by atoms with Gasteiger partial charge in [-0.05, 0) is 63.0 Å². The molecule has 1 aliphatic heterocycles. The largest absolute Gasteiger partial charge is 0.481 e. The van der Waals surface area contributed by atoms with E-state index in [1.165, 1.54) is 18.5 Å². The van der Waals surface area contributed by atoms with Gasteiger partial charge in [-0.2, -0.15) is 0 Å². The predicted molar refractivity (Wildman–Crippen MR) is 100.0 cm³/mol. The molecule has 2 fully saturated rings. The van der Waals surface area contributed by atoms with E-state index in [0.29, 0.717) is 5.41 Å². The molecule has 1 N–H and O–H groups in total. The minimum absolute atomic E-state index is 0.0152. The maximum absolute atomic E-state index is 11.5. The summed E-state index contributed by atoms with van der Waals surface area (Å²) in [7, 11) is 0. The zero-order valence-electron chi connectivity index (χ0n) is 15.5. The highest BCUT2D eigenvalue weighted by Gasteiger charge is 2.40. The van der Waals surface area contributed by atoms with Gasteiger partial charge >= 0.3 is 5.97 Å². The molecule has 1 aliphatic carbocycles. The lowest BCUT2D eigenvalue weighted by atomic mass is 9.66. The summed E-state index contributed by atoms with van der Waals surface area (Å²) >= 11 is 0. The van der Waals surface area contributed by atoms with Crippen LogP contribution in [0.2, 0.25) is 0 Å². The fraction of sp³-hybridized carbons (Fsp3) is 0.650. The van der Waals surface area contributed by atoms with Crippen molar-refractivity contribution in [2.75, 3.05) is 18.0 Å². The molecule has 1 amide bonds. The Hall–Kier alpha value is -2.11. The first-order chi connectivity index (χ1) is 12.5. The zero-order chi connectivity index (χ0) is 18.6. The third-order valence-corrected chi connectivity index (χ3v) is 6.39. The molecule has 1 aromatic heterocycles. The molecule has 0 bridgehead atoms. The lowest BCUT2D eigenvalue weighted by Gasteiger charge is -2.48. The topological polar surface area (TPSA) is 73.7 Å². The molecular weight excluding hydrogens is 330 g/mol. The number of carboxylic acids is 1. The van der Waals surface area contributed by atoms with Gasteiger partial charge in [0.25, 0.3) is 0 Å². The van der Waals surface area contributed by atoms with Gasteiger partial charge in [-0.1, -0.05) is 0 Å². The molecule has 1 saturated heterocycles. The molecule has 1 saturated carbocycles. The number of aliphatic carboxylic acids is 1. The number of amides is 1. The molecule has 0 radical (unpaired) electrons. The van der Waals surface area contributed by atoms with Gasteiger partial charge in [0.2, 0.25) is 6.41 Å². The molecule has 1 unspecified atom stereocenters. The van der Waals surface area contributed by atoms with Crippen LogP contribution < -0.4 is 4.90 Å². The second-order valence-corrected chi connectivity index (χ2v) is 7.92. The Bertz CT molecular complexity index is 604. The van der Waals surface area contributed by atoms with Crippen LogP contribution in [-0.4, -0.2) is 52.5 Å². The van der Waals surface area contributed by atoms with E-state index in [4.69, 9.17) is 5.11 Å². The summed E-state index contributed by atoms with van der Waals surface area (Å²) in [4.78, 5) is 30.7. The van der Waals surface area contributed by atoms with Crippen molar-refractivity contribution < 1.29 is 14.7 Å². The number of hydrogen-bond donors (Lipinski definition) is 1. The smallest absolute Gasteiger partial charge is 0.305 e. The van der Waals surface area contributed by atoms with E-state index in [1.54, 1.807) is 4.90 Å². The van der Waals surface area contributed by atoms with Crippen LogP contribution in [0.15, 0.2) is 24.5 Å². The van der Waals surface area contributed by atoms with Crippen LogP contribution in [-0.2, 0) is 9.59 Å². The Kier molecular flexibility index (Phi) is 5.79. The van der Waals surface area contributed by atoms with Crippen molar-refractivity contribution in [2.45, 2.75) is 64.0 Å². The molecule has 1 aromatic rings. The molecule has 6 heteroatoms. The molecule has 142 valence electrons. The summed E-state index contributed by atoms with van der Waals surface area (Å²) in [6, 6.07) is 4.09. The minimum Gasteiger partial charge on any atom is -0.481 e. The first kappa shape index (κ1) is 18.7. The lowest BCUT2D eigenvalue weighted by Crippen LogP contribution is -2.48. The van der Waals surface area contributed by atoms with Crippen LogP contribution in [0, 0.1) is 5.41 Å². The van der Waals surface area contributed by atoms with Crippen molar-refractivity contribution in [3.05, 3.63) is 24.5 Å². The lowest BCUT2D eigenvalue weighted by molar-refractivity contribution is -0.139. The van der Waals surface area contributed by atoms with Gasteiger partial charge in [0.1, 0.15) is 0 Å². The number of piperidine rings is 1. The summed E-state index contributed by atoms with van der Waals surface area (Å²) in [6.45, 7) is 3.98. The number of carbonyl (C=O) groups excluding carboxylic acids is 1. The molecular formula is C20H29N3O3. The second-order valence-electron chi connectivity index (χ2n) is 7.92. The normalized spacial score (nSPS) is 21.3. The van der Waals surface area contributed by atoms with Gasteiger partial charge in [0.15, 0.2) is 0 Å². The number of carbonyl (C=O) groups is 2. The fourth-order valence-corrected chi connectivity index (χ4v) is 4.72. The van der Waals surface area contributed by atoms with Crippen molar-refractivity contribution in [3.8, 4) is 0 Å². The summed E-state index contributed by atoms with van der Waals surface area (Å²) in [5.41, 5.74) is 1.64. The SMILES string of the molecule is CC(CC(=O)O)N(C=O)C1CCC2(CC1)CCN(c1ccncc1)CC2. The van der Waals surface area contributed by atoms with Crippen molar-refractivity contribution in [3.63, 3.8) is 0 Å². The van der Waals surface area contributed by atoms with E-state index in [0.717, 1.165) is 45.2 Å². The van der Waals surface area contributed by atoms with Crippen LogP contribution in [0.3, 0.4) is 0 Å². The highest BCUT2D eigenvalue weighted by Crippen LogP contribution is 2.46. The molecule has 1 atom stereocenters. The molecule has 6 nitrogen and oxygen atoms in total. The number of nitrogens with zero attached hydrogens (tertiary/aromatic N) is 3. The third-order valence-electron chi connectivity index (χ3n) is 6.39. The Morgan fingerprint density at radius 3 is 2.46 bits per heavy atom. The number of anilines is 1. The molecule has 1 spiro atoms. The predicted octanol–water partition coefficient (Wildman–Crippen LogP) is 2.93. The Balaban J connectivity index is 1.53. The van der Waals surface area contributed by atoms with Crippen LogP contribution in [0.4, 0.5) is 5.69 Å². The van der Waals surface area contributed by atoms with Gasteiger partial charge in [-0.25, -0.2) is 0 Å². The maximum atomic E-state index is 11.5. The quantitative estimate of drug-likeness (QED) is 0.791. The number of hydrogen-bond acceptors (Lipinski definition) is 4. The van der Waals surface area contributed by atoms with Gasteiger partial charge in [0.05, 0.1) is 6.42 Å². The van der Waals surface area contributed by atoms with Crippen molar-refractivity contribution in [1.29, 1.82) is 0 Å². The van der Waals surface area contributed by atoms with Crippen LogP contribution in [0.1, 0.15) is 51.9 Å². The summed E-state index contributed by atoms with van der Waals surface area (Å²) in [5.74, 6) is -0.847. The van der Waals surface area contributed by atoms with Crippen molar-refractivity contribution in [1.82, 2.24) is 9.88 Å². The molecule has 26 heavy (non-hydrogen) atoms. The first-order valence-electron chi connectivity index (χ1n) is 9.62. The fourth-order valence-electron chi connectivity index (χ4n) is 4.72. The molecule has 0 aromatic carbocycles. The van der Waals surface area contributed by atoms with E-state index in [-0.39, 0.29) is 18.5 Å². The standard InChI is InChI=1S/C20H29N3O3/c1-16(14-19(25)26)23(15-24)18-2-6-20(7-3-18)8-12-22(13-9-20)17-4-10-21-11-5-17/h4-5,10-11,15-16,18H,2-3,6-9,12-14H2,1H3,(H,25,26).